The molecule has 2 rings (SSSR count). The van der Waals surface area contributed by atoms with Gasteiger partial charge in [-0.05, 0) is 38.1 Å². The van der Waals surface area contributed by atoms with Crippen LogP contribution in [0.4, 0.5) is 15.8 Å². The van der Waals surface area contributed by atoms with Crippen molar-refractivity contribution in [3.8, 4) is 0 Å². The molecule has 0 spiro atoms. The number of amides is 2. The van der Waals surface area contributed by atoms with Crippen LogP contribution in [0.15, 0.2) is 24.3 Å². The van der Waals surface area contributed by atoms with E-state index in [2.05, 4.69) is 10.4 Å². The molecular weight excluding hydrogens is 345 g/mol. The molecule has 2 amide bonds. The number of anilines is 1. The van der Waals surface area contributed by atoms with Crippen molar-refractivity contribution in [3.63, 3.8) is 0 Å². The normalized spacial score (nSPS) is 10.5. The van der Waals surface area contributed by atoms with Crippen LogP contribution < -0.4 is 5.32 Å². The molecule has 0 aliphatic carbocycles. The summed E-state index contributed by atoms with van der Waals surface area (Å²) < 4.78 is 14.1. The molecule has 1 heterocycles. The molecule has 0 aliphatic rings. The number of aromatic nitrogens is 2. The lowest BCUT2D eigenvalue weighted by Crippen LogP contribution is -2.37. The van der Waals surface area contributed by atoms with Gasteiger partial charge in [-0.2, -0.15) is 5.10 Å². The van der Waals surface area contributed by atoms with Crippen molar-refractivity contribution >= 4 is 23.2 Å². The van der Waals surface area contributed by atoms with Gasteiger partial charge in [0, 0.05) is 12.7 Å². The smallest absolute Gasteiger partial charge is 0.312 e. The Morgan fingerprint density at radius 2 is 1.92 bits per heavy atom. The first-order chi connectivity index (χ1) is 12.2. The van der Waals surface area contributed by atoms with Crippen LogP contribution in [0.5, 0.6) is 0 Å². The van der Waals surface area contributed by atoms with Gasteiger partial charge in [0.2, 0.25) is 11.8 Å². The lowest BCUT2D eigenvalue weighted by Gasteiger charge is -2.17. The topological polar surface area (TPSA) is 110 Å². The number of nitrogens with zero attached hydrogens (tertiary/aromatic N) is 4. The molecule has 1 aromatic heterocycles. The number of carbonyl (C=O) groups excluding carboxylic acids is 2. The first kappa shape index (κ1) is 19.0. The first-order valence-corrected chi connectivity index (χ1v) is 7.66. The minimum absolute atomic E-state index is 0.130. The van der Waals surface area contributed by atoms with Gasteiger partial charge < -0.3 is 10.2 Å². The van der Waals surface area contributed by atoms with Crippen molar-refractivity contribution in [1.29, 1.82) is 0 Å². The van der Waals surface area contributed by atoms with Gasteiger partial charge in [-0.3, -0.25) is 24.4 Å². The maximum Gasteiger partial charge on any atom is 0.312 e. The fourth-order valence-corrected chi connectivity index (χ4v) is 2.39. The van der Waals surface area contributed by atoms with Crippen LogP contribution in [0.2, 0.25) is 0 Å². The number of likely N-dealkylation sites (N-methyl/N-ethyl adjacent to an activating group) is 1. The summed E-state index contributed by atoms with van der Waals surface area (Å²) >= 11 is 0. The molecule has 10 heteroatoms. The van der Waals surface area contributed by atoms with Crippen LogP contribution in [-0.4, -0.2) is 45.0 Å². The van der Waals surface area contributed by atoms with E-state index in [4.69, 9.17) is 0 Å². The Labute approximate surface area is 148 Å². The van der Waals surface area contributed by atoms with Crippen molar-refractivity contribution < 1.29 is 18.9 Å². The number of benzene rings is 1. The maximum absolute atomic E-state index is 12.8. The van der Waals surface area contributed by atoms with Crippen LogP contribution in [0, 0.1) is 29.8 Å². The summed E-state index contributed by atoms with van der Waals surface area (Å²) in [5.41, 5.74) is 0.767. The molecule has 2 aromatic rings. The van der Waals surface area contributed by atoms with E-state index < -0.39 is 22.6 Å². The summed E-state index contributed by atoms with van der Waals surface area (Å²) in [6.45, 7) is 2.55. The number of rotatable bonds is 6. The highest BCUT2D eigenvalue weighted by Gasteiger charge is 2.24. The molecule has 0 atom stereocenters. The molecular formula is C16H18FN5O4. The second-order valence-electron chi connectivity index (χ2n) is 5.74. The molecule has 0 fully saturated rings. The van der Waals surface area contributed by atoms with Gasteiger partial charge >= 0.3 is 5.69 Å². The summed E-state index contributed by atoms with van der Waals surface area (Å²) in [6.07, 6.45) is 0. The number of carbonyl (C=O) groups is 2. The zero-order valence-electron chi connectivity index (χ0n) is 14.5. The number of halogens is 1. The van der Waals surface area contributed by atoms with Crippen LogP contribution in [0.25, 0.3) is 0 Å². The molecule has 0 saturated heterocycles. The SMILES string of the molecule is Cc1nn(CC(=O)N(C)CC(=O)Nc2ccc(F)cc2)c(C)c1[N+](=O)[O-]. The Hall–Kier alpha value is -3.30. The third-order valence-electron chi connectivity index (χ3n) is 3.75. The highest BCUT2D eigenvalue weighted by molar-refractivity contribution is 5.94. The van der Waals surface area contributed by atoms with Crippen LogP contribution in [-0.2, 0) is 16.1 Å². The van der Waals surface area contributed by atoms with E-state index in [1.807, 2.05) is 0 Å². The molecule has 1 N–H and O–H groups in total. The van der Waals surface area contributed by atoms with Gasteiger partial charge in [0.05, 0.1) is 11.5 Å². The Balaban J connectivity index is 1.97. The largest absolute Gasteiger partial charge is 0.335 e. The van der Waals surface area contributed by atoms with Gasteiger partial charge in [0.25, 0.3) is 0 Å². The van der Waals surface area contributed by atoms with Crippen molar-refractivity contribution in [1.82, 2.24) is 14.7 Å². The zero-order chi connectivity index (χ0) is 19.4. The van der Waals surface area contributed by atoms with Crippen molar-refractivity contribution in [2.75, 3.05) is 18.9 Å². The van der Waals surface area contributed by atoms with E-state index in [9.17, 15) is 24.1 Å². The zero-order valence-corrected chi connectivity index (χ0v) is 14.5. The monoisotopic (exact) mass is 363 g/mol. The second-order valence-corrected chi connectivity index (χ2v) is 5.74. The summed E-state index contributed by atoms with van der Waals surface area (Å²) in [4.78, 5) is 35.9. The number of nitro groups is 1. The van der Waals surface area contributed by atoms with Gasteiger partial charge in [-0.15, -0.1) is 0 Å². The molecule has 138 valence electrons. The molecule has 9 nitrogen and oxygen atoms in total. The third-order valence-corrected chi connectivity index (χ3v) is 3.75. The molecule has 0 aliphatic heterocycles. The van der Waals surface area contributed by atoms with Crippen LogP contribution in [0.1, 0.15) is 11.4 Å². The second kappa shape index (κ2) is 7.72. The van der Waals surface area contributed by atoms with E-state index in [0.29, 0.717) is 5.69 Å². The van der Waals surface area contributed by atoms with Crippen LogP contribution in [0.3, 0.4) is 0 Å². The number of aryl methyl sites for hydroxylation is 1. The Morgan fingerprint density at radius 3 is 2.46 bits per heavy atom. The number of hydrogen-bond donors (Lipinski definition) is 1. The van der Waals surface area contributed by atoms with Crippen LogP contribution >= 0.6 is 0 Å². The maximum atomic E-state index is 12.8. The standard InChI is InChI=1S/C16H18FN5O4/c1-10-16(22(25)26)11(2)21(19-10)9-15(24)20(3)8-14(23)18-13-6-4-12(17)5-7-13/h4-7H,8-9H2,1-3H3,(H,18,23). The summed E-state index contributed by atoms with van der Waals surface area (Å²) in [6, 6.07) is 5.23. The van der Waals surface area contributed by atoms with E-state index in [0.717, 1.165) is 0 Å². The van der Waals surface area contributed by atoms with Gasteiger partial charge in [0.15, 0.2) is 0 Å². The Morgan fingerprint density at radius 1 is 1.31 bits per heavy atom. The average molecular weight is 363 g/mol. The lowest BCUT2D eigenvalue weighted by molar-refractivity contribution is -0.386. The number of nitrogens with one attached hydrogen (secondary N) is 1. The summed E-state index contributed by atoms with van der Waals surface area (Å²) in [5.74, 6) is -1.30. The fourth-order valence-electron chi connectivity index (χ4n) is 2.39. The minimum atomic E-state index is -0.543. The number of hydrogen-bond acceptors (Lipinski definition) is 5. The molecule has 0 bridgehead atoms. The predicted molar refractivity (Wildman–Crippen MR) is 91.0 cm³/mol. The predicted octanol–water partition coefficient (Wildman–Crippen LogP) is 1.64. The molecule has 0 saturated carbocycles. The van der Waals surface area contributed by atoms with E-state index in [1.54, 1.807) is 0 Å². The van der Waals surface area contributed by atoms with Crippen molar-refractivity contribution in [3.05, 3.63) is 51.6 Å². The highest BCUT2D eigenvalue weighted by atomic mass is 19.1. The van der Waals surface area contributed by atoms with Gasteiger partial charge in [-0.25, -0.2) is 4.39 Å². The van der Waals surface area contributed by atoms with Crippen molar-refractivity contribution in [2.45, 2.75) is 20.4 Å². The highest BCUT2D eigenvalue weighted by Crippen LogP contribution is 2.21. The molecule has 0 radical (unpaired) electrons. The first-order valence-electron chi connectivity index (χ1n) is 7.66. The van der Waals surface area contributed by atoms with Crippen molar-refractivity contribution in [2.24, 2.45) is 0 Å². The average Bonchev–Trinajstić information content (AvgIpc) is 2.83. The summed E-state index contributed by atoms with van der Waals surface area (Å²) in [7, 11) is 1.44. The molecule has 26 heavy (non-hydrogen) atoms. The third kappa shape index (κ3) is 4.41. The van der Waals surface area contributed by atoms with E-state index >= 15 is 0 Å². The van der Waals surface area contributed by atoms with Gasteiger partial charge in [0.1, 0.15) is 23.7 Å². The van der Waals surface area contributed by atoms with E-state index in [1.165, 1.54) is 54.7 Å². The summed E-state index contributed by atoms with van der Waals surface area (Å²) in [5, 5.41) is 17.5. The van der Waals surface area contributed by atoms with Gasteiger partial charge in [-0.1, -0.05) is 0 Å². The minimum Gasteiger partial charge on any atom is -0.335 e. The molecule has 1 aromatic carbocycles. The lowest BCUT2D eigenvalue weighted by atomic mass is 10.3. The Kier molecular flexibility index (Phi) is 5.65. The quantitative estimate of drug-likeness (QED) is 0.620. The molecule has 0 unspecified atom stereocenters. The Bertz CT molecular complexity index is 847. The fraction of sp³-hybridized carbons (Fsp3) is 0.312. The van der Waals surface area contributed by atoms with E-state index in [-0.39, 0.29) is 30.2 Å².